The molecule has 90 valence electrons. The van der Waals surface area contributed by atoms with Gasteiger partial charge in [0.1, 0.15) is 0 Å². The van der Waals surface area contributed by atoms with E-state index in [2.05, 4.69) is 41.6 Å². The van der Waals surface area contributed by atoms with Crippen molar-refractivity contribution in [2.75, 3.05) is 26.2 Å². The number of hydrogen-bond donors (Lipinski definition) is 1. The van der Waals surface area contributed by atoms with Crippen molar-refractivity contribution in [3.05, 3.63) is 23.0 Å². The first-order chi connectivity index (χ1) is 7.72. The van der Waals surface area contributed by atoms with Gasteiger partial charge in [-0.05, 0) is 32.4 Å². The molecular weight excluding hydrogens is 198 g/mol. The fourth-order valence-corrected chi connectivity index (χ4v) is 2.63. The normalized spacial score (nSPS) is 17.9. The third kappa shape index (κ3) is 2.30. The highest BCUT2D eigenvalue weighted by molar-refractivity contribution is 5.26. The molecule has 16 heavy (non-hydrogen) atoms. The molecule has 0 saturated carbocycles. The number of rotatable bonds is 3. The first kappa shape index (κ1) is 11.7. The van der Waals surface area contributed by atoms with Gasteiger partial charge < -0.3 is 9.88 Å². The standard InChI is InChI=1S/C13H23N3/c1-4-16-11(2)9-13(12(16)3)10-15-7-5-14-6-8-15/h9,14H,4-8,10H2,1-3H3. The highest BCUT2D eigenvalue weighted by Gasteiger charge is 2.13. The quantitative estimate of drug-likeness (QED) is 0.835. The average molecular weight is 221 g/mol. The van der Waals surface area contributed by atoms with Crippen LogP contribution in [-0.2, 0) is 13.1 Å². The summed E-state index contributed by atoms with van der Waals surface area (Å²) in [5.74, 6) is 0. The number of piperazine rings is 1. The SMILES string of the molecule is CCn1c(C)cc(CN2CCNCC2)c1C. The Morgan fingerprint density at radius 1 is 1.25 bits per heavy atom. The Labute approximate surface area is 98.4 Å². The topological polar surface area (TPSA) is 20.2 Å². The molecule has 0 unspecified atom stereocenters. The second-order valence-electron chi connectivity index (χ2n) is 4.67. The summed E-state index contributed by atoms with van der Waals surface area (Å²) in [5, 5.41) is 3.40. The molecule has 0 radical (unpaired) electrons. The van der Waals surface area contributed by atoms with Gasteiger partial charge in [0, 0.05) is 50.7 Å². The summed E-state index contributed by atoms with van der Waals surface area (Å²) in [7, 11) is 0. The van der Waals surface area contributed by atoms with E-state index in [1.54, 1.807) is 0 Å². The third-order valence-electron chi connectivity index (χ3n) is 3.60. The maximum absolute atomic E-state index is 3.40. The zero-order chi connectivity index (χ0) is 11.5. The van der Waals surface area contributed by atoms with Gasteiger partial charge in [0.15, 0.2) is 0 Å². The Morgan fingerprint density at radius 2 is 1.94 bits per heavy atom. The molecule has 2 rings (SSSR count). The number of aromatic nitrogens is 1. The highest BCUT2D eigenvalue weighted by atomic mass is 15.2. The minimum absolute atomic E-state index is 1.08. The summed E-state index contributed by atoms with van der Waals surface area (Å²) in [4.78, 5) is 2.54. The molecule has 0 spiro atoms. The summed E-state index contributed by atoms with van der Waals surface area (Å²) in [6, 6.07) is 2.35. The van der Waals surface area contributed by atoms with Crippen LogP contribution < -0.4 is 5.32 Å². The van der Waals surface area contributed by atoms with Crippen LogP contribution in [0.1, 0.15) is 23.9 Å². The predicted molar refractivity (Wildman–Crippen MR) is 67.7 cm³/mol. The van der Waals surface area contributed by atoms with E-state index in [-0.39, 0.29) is 0 Å². The van der Waals surface area contributed by atoms with E-state index in [9.17, 15) is 0 Å². The second kappa shape index (κ2) is 5.02. The van der Waals surface area contributed by atoms with Gasteiger partial charge in [-0.2, -0.15) is 0 Å². The van der Waals surface area contributed by atoms with Crippen LogP contribution in [0.15, 0.2) is 6.07 Å². The van der Waals surface area contributed by atoms with Gasteiger partial charge in [0.25, 0.3) is 0 Å². The molecule has 0 aliphatic carbocycles. The average Bonchev–Trinajstić information content (AvgIpc) is 2.55. The van der Waals surface area contributed by atoms with E-state index < -0.39 is 0 Å². The molecule has 1 saturated heterocycles. The lowest BCUT2D eigenvalue weighted by Crippen LogP contribution is -2.42. The van der Waals surface area contributed by atoms with Gasteiger partial charge in [0.05, 0.1) is 0 Å². The maximum Gasteiger partial charge on any atom is 0.0252 e. The minimum Gasteiger partial charge on any atom is -0.349 e. The minimum atomic E-state index is 1.08. The predicted octanol–water partition coefficient (Wildman–Crippen LogP) is 1.53. The Balaban J connectivity index is 2.08. The van der Waals surface area contributed by atoms with Gasteiger partial charge in [0.2, 0.25) is 0 Å². The molecule has 0 bridgehead atoms. The summed E-state index contributed by atoms with van der Waals surface area (Å²) in [6.07, 6.45) is 0. The van der Waals surface area contributed by atoms with Crippen LogP contribution in [0, 0.1) is 13.8 Å². The lowest BCUT2D eigenvalue weighted by atomic mass is 10.2. The molecule has 3 nitrogen and oxygen atoms in total. The molecule has 0 aromatic carbocycles. The van der Waals surface area contributed by atoms with Crippen molar-refractivity contribution in [1.82, 2.24) is 14.8 Å². The molecule has 1 aromatic heterocycles. The summed E-state index contributed by atoms with van der Waals surface area (Å²) in [5.41, 5.74) is 4.34. The highest BCUT2D eigenvalue weighted by Crippen LogP contribution is 2.17. The van der Waals surface area contributed by atoms with E-state index in [4.69, 9.17) is 0 Å². The molecule has 0 amide bonds. The number of nitrogens with one attached hydrogen (secondary N) is 1. The number of nitrogens with zero attached hydrogens (tertiary/aromatic N) is 2. The molecule has 1 N–H and O–H groups in total. The fraction of sp³-hybridized carbons (Fsp3) is 0.692. The van der Waals surface area contributed by atoms with E-state index in [1.165, 1.54) is 30.0 Å². The van der Waals surface area contributed by atoms with Crippen molar-refractivity contribution in [3.8, 4) is 0 Å². The number of aryl methyl sites for hydroxylation is 1. The van der Waals surface area contributed by atoms with Gasteiger partial charge >= 0.3 is 0 Å². The van der Waals surface area contributed by atoms with Gasteiger partial charge in [-0.25, -0.2) is 0 Å². The first-order valence-electron chi connectivity index (χ1n) is 6.31. The second-order valence-corrected chi connectivity index (χ2v) is 4.67. The van der Waals surface area contributed by atoms with Crippen LogP contribution in [0.2, 0.25) is 0 Å². The van der Waals surface area contributed by atoms with E-state index >= 15 is 0 Å². The zero-order valence-corrected chi connectivity index (χ0v) is 10.7. The van der Waals surface area contributed by atoms with Crippen molar-refractivity contribution in [1.29, 1.82) is 0 Å². The Morgan fingerprint density at radius 3 is 2.50 bits per heavy atom. The van der Waals surface area contributed by atoms with Gasteiger partial charge in [-0.1, -0.05) is 0 Å². The van der Waals surface area contributed by atoms with Crippen molar-refractivity contribution in [3.63, 3.8) is 0 Å². The smallest absolute Gasteiger partial charge is 0.0252 e. The van der Waals surface area contributed by atoms with Crippen molar-refractivity contribution < 1.29 is 0 Å². The van der Waals surface area contributed by atoms with Crippen LogP contribution >= 0.6 is 0 Å². The van der Waals surface area contributed by atoms with Crippen molar-refractivity contribution >= 4 is 0 Å². The Bertz CT molecular complexity index is 348. The van der Waals surface area contributed by atoms with E-state index in [0.29, 0.717) is 0 Å². The molecular formula is C13H23N3. The summed E-state index contributed by atoms with van der Waals surface area (Å²) >= 11 is 0. The maximum atomic E-state index is 3.40. The van der Waals surface area contributed by atoms with Gasteiger partial charge in [-0.15, -0.1) is 0 Å². The van der Waals surface area contributed by atoms with E-state index in [1.807, 2.05) is 0 Å². The van der Waals surface area contributed by atoms with Crippen LogP contribution in [0.3, 0.4) is 0 Å². The molecule has 1 aromatic rings. The van der Waals surface area contributed by atoms with Crippen molar-refractivity contribution in [2.24, 2.45) is 0 Å². The van der Waals surface area contributed by atoms with Crippen LogP contribution in [0.4, 0.5) is 0 Å². The third-order valence-corrected chi connectivity index (χ3v) is 3.60. The largest absolute Gasteiger partial charge is 0.349 e. The van der Waals surface area contributed by atoms with Crippen LogP contribution in [0.5, 0.6) is 0 Å². The molecule has 1 aliphatic heterocycles. The lowest BCUT2D eigenvalue weighted by Gasteiger charge is -2.27. The van der Waals surface area contributed by atoms with Crippen LogP contribution in [-0.4, -0.2) is 35.6 Å². The first-order valence-corrected chi connectivity index (χ1v) is 6.31. The van der Waals surface area contributed by atoms with Crippen molar-refractivity contribution in [2.45, 2.75) is 33.9 Å². The van der Waals surface area contributed by atoms with E-state index in [0.717, 1.165) is 26.2 Å². The Hall–Kier alpha value is -0.800. The molecule has 0 atom stereocenters. The fourth-order valence-electron chi connectivity index (χ4n) is 2.63. The molecule has 1 fully saturated rings. The Kier molecular flexibility index (Phi) is 3.66. The monoisotopic (exact) mass is 221 g/mol. The molecule has 1 aliphatic rings. The van der Waals surface area contributed by atoms with Gasteiger partial charge in [-0.3, -0.25) is 4.90 Å². The molecule has 2 heterocycles. The summed E-state index contributed by atoms with van der Waals surface area (Å²) < 4.78 is 2.40. The van der Waals surface area contributed by atoms with Crippen LogP contribution in [0.25, 0.3) is 0 Å². The zero-order valence-electron chi connectivity index (χ0n) is 10.7. The summed E-state index contributed by atoms with van der Waals surface area (Å²) in [6.45, 7) is 13.5. The molecule has 3 heteroatoms. The number of hydrogen-bond acceptors (Lipinski definition) is 2. The lowest BCUT2D eigenvalue weighted by molar-refractivity contribution is 0.232.